The van der Waals surface area contributed by atoms with Crippen molar-refractivity contribution < 1.29 is 0 Å². The Morgan fingerprint density at radius 2 is 1.79 bits per heavy atom. The summed E-state index contributed by atoms with van der Waals surface area (Å²) in [6.07, 6.45) is 10.0. The number of hydrogen-bond donors (Lipinski definition) is 2. The molecule has 0 amide bonds. The molecule has 0 aliphatic heterocycles. The third-order valence-electron chi connectivity index (χ3n) is 2.95. The Labute approximate surface area is 95.6 Å². The summed E-state index contributed by atoms with van der Waals surface area (Å²) >= 11 is 4.06. The molecule has 1 fully saturated rings. The number of rotatable bonds is 4. The molecule has 0 aromatic rings. The molecule has 0 aromatic heterocycles. The van der Waals surface area contributed by atoms with Gasteiger partial charge in [0.2, 0.25) is 0 Å². The van der Waals surface area contributed by atoms with Gasteiger partial charge in [-0.15, -0.1) is 0 Å². The van der Waals surface area contributed by atoms with Gasteiger partial charge in [-0.3, -0.25) is 4.72 Å². The lowest BCUT2D eigenvalue weighted by atomic mass is 9.85. The topological polar surface area (TPSA) is 12.0 Å². The van der Waals surface area contributed by atoms with Crippen LogP contribution in [-0.2, 0) is 0 Å². The first kappa shape index (κ1) is 14.3. The molecule has 2 heteroatoms. The van der Waals surface area contributed by atoms with Crippen LogP contribution in [0, 0.1) is 5.92 Å². The van der Waals surface area contributed by atoms with Gasteiger partial charge in [0.25, 0.3) is 0 Å². The summed E-state index contributed by atoms with van der Waals surface area (Å²) < 4.78 is 3.00. The van der Waals surface area contributed by atoms with Gasteiger partial charge in [0.15, 0.2) is 0 Å². The highest BCUT2D eigenvalue weighted by molar-refractivity contribution is 7.78. The second-order valence-corrected chi connectivity index (χ2v) is 4.37. The van der Waals surface area contributed by atoms with Gasteiger partial charge in [0.05, 0.1) is 0 Å². The Morgan fingerprint density at radius 1 is 1.21 bits per heavy atom. The van der Waals surface area contributed by atoms with Crippen LogP contribution in [0.5, 0.6) is 0 Å². The van der Waals surface area contributed by atoms with Crippen molar-refractivity contribution in [3.05, 3.63) is 0 Å². The highest BCUT2D eigenvalue weighted by atomic mass is 32.1. The van der Waals surface area contributed by atoms with Gasteiger partial charge in [0, 0.05) is 6.04 Å². The van der Waals surface area contributed by atoms with E-state index in [9.17, 15) is 0 Å². The van der Waals surface area contributed by atoms with E-state index in [0.717, 1.165) is 5.92 Å². The Hall–Kier alpha value is 0.310. The van der Waals surface area contributed by atoms with Gasteiger partial charge in [-0.1, -0.05) is 58.8 Å². The molecule has 0 heterocycles. The molecule has 0 unspecified atom stereocenters. The molecule has 0 radical (unpaired) electrons. The van der Waals surface area contributed by atoms with Crippen LogP contribution in [0.15, 0.2) is 0 Å². The van der Waals surface area contributed by atoms with Crippen molar-refractivity contribution in [2.24, 2.45) is 5.92 Å². The normalized spacial score (nSPS) is 19.7. The van der Waals surface area contributed by atoms with Crippen molar-refractivity contribution in [1.29, 1.82) is 0 Å². The Balaban J connectivity index is 0.000000791. The van der Waals surface area contributed by atoms with Crippen molar-refractivity contribution in [2.45, 2.75) is 71.8 Å². The maximum Gasteiger partial charge on any atom is 0.0141 e. The van der Waals surface area contributed by atoms with E-state index in [4.69, 9.17) is 0 Å². The molecule has 1 nitrogen and oxygen atoms in total. The van der Waals surface area contributed by atoms with Crippen molar-refractivity contribution in [3.8, 4) is 0 Å². The van der Waals surface area contributed by atoms with E-state index in [0.29, 0.717) is 6.04 Å². The van der Waals surface area contributed by atoms with Gasteiger partial charge < -0.3 is 0 Å². The van der Waals surface area contributed by atoms with Gasteiger partial charge in [-0.05, 0) is 25.7 Å². The Morgan fingerprint density at radius 3 is 2.29 bits per heavy atom. The number of nitrogens with one attached hydrogen (secondary N) is 1. The van der Waals surface area contributed by atoms with Crippen LogP contribution in [0.3, 0.4) is 0 Å². The molecule has 1 rings (SSSR count). The van der Waals surface area contributed by atoms with Crippen molar-refractivity contribution in [1.82, 2.24) is 4.72 Å². The highest BCUT2D eigenvalue weighted by Gasteiger charge is 2.13. The van der Waals surface area contributed by atoms with Crippen LogP contribution in [0.4, 0.5) is 0 Å². The van der Waals surface area contributed by atoms with E-state index in [1.165, 1.54) is 44.9 Å². The minimum atomic E-state index is 0.579. The van der Waals surface area contributed by atoms with Crippen molar-refractivity contribution in [3.63, 3.8) is 0 Å². The maximum absolute atomic E-state index is 4.06. The predicted octanol–water partition coefficient (Wildman–Crippen LogP) is 4.20. The summed E-state index contributed by atoms with van der Waals surface area (Å²) in [7, 11) is 0. The quantitative estimate of drug-likeness (QED) is 0.673. The summed E-state index contributed by atoms with van der Waals surface area (Å²) in [5.74, 6) is 1.02. The smallest absolute Gasteiger partial charge is 0.0141 e. The first-order valence-electron chi connectivity index (χ1n) is 6.22. The van der Waals surface area contributed by atoms with Gasteiger partial charge in [-0.2, -0.15) is 0 Å². The molecular weight excluding hydrogens is 190 g/mol. The fourth-order valence-electron chi connectivity index (χ4n) is 2.03. The van der Waals surface area contributed by atoms with E-state index in [1.54, 1.807) is 0 Å². The van der Waals surface area contributed by atoms with E-state index < -0.39 is 0 Å². The molecule has 86 valence electrons. The first-order valence-corrected chi connectivity index (χ1v) is 6.67. The number of thiol groups is 1. The van der Waals surface area contributed by atoms with E-state index in [-0.39, 0.29) is 0 Å². The van der Waals surface area contributed by atoms with Gasteiger partial charge in [-0.25, -0.2) is 0 Å². The summed E-state index contributed by atoms with van der Waals surface area (Å²) in [5.41, 5.74) is 0. The zero-order valence-electron chi connectivity index (χ0n) is 10.1. The number of hydrogen-bond acceptors (Lipinski definition) is 2. The molecule has 0 aromatic carbocycles. The molecule has 1 saturated carbocycles. The van der Waals surface area contributed by atoms with E-state index in [1.807, 2.05) is 13.8 Å². The molecule has 1 aliphatic rings. The third kappa shape index (κ3) is 6.72. The van der Waals surface area contributed by atoms with E-state index in [2.05, 4.69) is 24.5 Å². The molecule has 1 N–H and O–H groups in total. The zero-order chi connectivity index (χ0) is 10.8. The van der Waals surface area contributed by atoms with Gasteiger partial charge >= 0.3 is 0 Å². The average molecular weight is 217 g/mol. The lowest BCUT2D eigenvalue weighted by Crippen LogP contribution is -2.18. The first-order chi connectivity index (χ1) is 6.83. The molecule has 0 bridgehead atoms. The maximum atomic E-state index is 4.06. The molecule has 1 aliphatic carbocycles. The van der Waals surface area contributed by atoms with Crippen LogP contribution in [-0.4, -0.2) is 6.04 Å². The summed E-state index contributed by atoms with van der Waals surface area (Å²) in [6, 6.07) is 0.579. The standard InChI is InChI=1S/C10H21NS.C2H6/c1-9(11-12)7-8-10-5-3-2-4-6-10;1-2/h9-12H,2-8H2,1H3;1-2H3/t9-;/m1./s1. The zero-order valence-corrected chi connectivity index (χ0v) is 10.9. The lowest BCUT2D eigenvalue weighted by molar-refractivity contribution is 0.324. The lowest BCUT2D eigenvalue weighted by Gasteiger charge is -2.22. The van der Waals surface area contributed by atoms with Gasteiger partial charge in [0.1, 0.15) is 0 Å². The summed E-state index contributed by atoms with van der Waals surface area (Å²) in [4.78, 5) is 0. The van der Waals surface area contributed by atoms with Crippen molar-refractivity contribution >= 4 is 12.8 Å². The fourth-order valence-corrected chi connectivity index (χ4v) is 2.16. The van der Waals surface area contributed by atoms with Crippen LogP contribution in [0.25, 0.3) is 0 Å². The SMILES string of the molecule is CC.C[C@H](CCC1CCCCC1)NS. The largest absolute Gasteiger partial charge is 0.264 e. The van der Waals surface area contributed by atoms with Crippen LogP contribution < -0.4 is 4.72 Å². The molecule has 1 atom stereocenters. The second kappa shape index (κ2) is 9.85. The van der Waals surface area contributed by atoms with Crippen molar-refractivity contribution in [2.75, 3.05) is 0 Å². The molecule has 0 saturated heterocycles. The summed E-state index contributed by atoms with van der Waals surface area (Å²) in [5, 5.41) is 0. The monoisotopic (exact) mass is 217 g/mol. The third-order valence-corrected chi connectivity index (χ3v) is 3.39. The fraction of sp³-hybridized carbons (Fsp3) is 1.00. The molecule has 14 heavy (non-hydrogen) atoms. The average Bonchev–Trinajstić information content (AvgIpc) is 2.30. The van der Waals surface area contributed by atoms with E-state index >= 15 is 0 Å². The minimum Gasteiger partial charge on any atom is -0.264 e. The minimum absolute atomic E-state index is 0.579. The highest BCUT2D eigenvalue weighted by Crippen LogP contribution is 2.27. The molecular formula is C12H27NS. The Bertz CT molecular complexity index is 111. The van der Waals surface area contributed by atoms with Crippen LogP contribution in [0.2, 0.25) is 0 Å². The van der Waals surface area contributed by atoms with Crippen LogP contribution in [0.1, 0.15) is 65.7 Å². The molecule has 0 spiro atoms. The predicted molar refractivity (Wildman–Crippen MR) is 68.7 cm³/mol. The van der Waals surface area contributed by atoms with Crippen LogP contribution >= 0.6 is 12.8 Å². The summed E-state index contributed by atoms with van der Waals surface area (Å²) in [6.45, 7) is 6.20. The second-order valence-electron chi connectivity index (χ2n) is 4.11. The Kier molecular flexibility index (Phi) is 10.1.